The highest BCUT2D eigenvalue weighted by molar-refractivity contribution is 5.94. The lowest BCUT2D eigenvalue weighted by molar-refractivity contribution is -0.141. The van der Waals surface area contributed by atoms with Gasteiger partial charge in [-0.1, -0.05) is 31.2 Å². The number of hydrogen-bond acceptors (Lipinski definition) is 3. The summed E-state index contributed by atoms with van der Waals surface area (Å²) < 4.78 is 0. The van der Waals surface area contributed by atoms with Crippen molar-refractivity contribution < 1.29 is 14.7 Å². The standard InChI is InChI=1S/C17H18N2O3/c1-13(17(21)22)11-19(12-15-9-5-6-10-18-15)16(20)14-7-3-2-4-8-14/h2-10,13H,11-12H2,1H3,(H,21,22). The summed E-state index contributed by atoms with van der Waals surface area (Å²) in [6.45, 7) is 2.01. The highest BCUT2D eigenvalue weighted by Gasteiger charge is 2.22. The van der Waals surface area contributed by atoms with Gasteiger partial charge in [-0.2, -0.15) is 0 Å². The van der Waals surface area contributed by atoms with Crippen LogP contribution in [0.25, 0.3) is 0 Å². The number of pyridine rings is 1. The molecule has 0 aliphatic rings. The van der Waals surface area contributed by atoms with Crippen LogP contribution in [0.1, 0.15) is 23.0 Å². The fourth-order valence-electron chi connectivity index (χ4n) is 2.08. The Bertz CT molecular complexity index is 629. The van der Waals surface area contributed by atoms with Crippen molar-refractivity contribution in [3.63, 3.8) is 0 Å². The molecule has 2 rings (SSSR count). The van der Waals surface area contributed by atoms with Crippen LogP contribution in [-0.2, 0) is 11.3 Å². The predicted molar refractivity (Wildman–Crippen MR) is 82.2 cm³/mol. The molecule has 1 aromatic heterocycles. The highest BCUT2D eigenvalue weighted by Crippen LogP contribution is 2.11. The molecular weight excluding hydrogens is 280 g/mol. The lowest BCUT2D eigenvalue weighted by Crippen LogP contribution is -2.36. The molecule has 0 saturated heterocycles. The van der Waals surface area contributed by atoms with Crippen molar-refractivity contribution in [3.05, 3.63) is 66.0 Å². The number of carbonyl (C=O) groups is 2. The molecule has 0 aliphatic carbocycles. The molecule has 0 radical (unpaired) electrons. The van der Waals surface area contributed by atoms with Crippen molar-refractivity contribution in [2.75, 3.05) is 6.54 Å². The molecule has 1 aromatic carbocycles. The zero-order chi connectivity index (χ0) is 15.9. The predicted octanol–water partition coefficient (Wildman–Crippen LogP) is 2.44. The molecule has 1 heterocycles. The minimum Gasteiger partial charge on any atom is -0.481 e. The van der Waals surface area contributed by atoms with Crippen molar-refractivity contribution in [1.82, 2.24) is 9.88 Å². The largest absolute Gasteiger partial charge is 0.481 e. The normalized spacial score (nSPS) is 11.7. The zero-order valence-electron chi connectivity index (χ0n) is 12.3. The van der Waals surface area contributed by atoms with Gasteiger partial charge in [-0.3, -0.25) is 14.6 Å². The Kier molecular flexibility index (Phi) is 5.25. The van der Waals surface area contributed by atoms with Gasteiger partial charge < -0.3 is 10.0 Å². The summed E-state index contributed by atoms with van der Waals surface area (Å²) >= 11 is 0. The molecule has 0 fully saturated rings. The van der Waals surface area contributed by atoms with Crippen molar-refractivity contribution in [2.45, 2.75) is 13.5 Å². The van der Waals surface area contributed by atoms with E-state index in [0.29, 0.717) is 5.56 Å². The topological polar surface area (TPSA) is 70.5 Å². The number of aliphatic carboxylic acids is 1. The van der Waals surface area contributed by atoms with Crippen LogP contribution in [0.15, 0.2) is 54.7 Å². The van der Waals surface area contributed by atoms with Gasteiger partial charge in [0.25, 0.3) is 5.91 Å². The van der Waals surface area contributed by atoms with Crippen LogP contribution >= 0.6 is 0 Å². The van der Waals surface area contributed by atoms with E-state index < -0.39 is 11.9 Å². The first kappa shape index (κ1) is 15.7. The van der Waals surface area contributed by atoms with Crippen LogP contribution in [0.2, 0.25) is 0 Å². The maximum absolute atomic E-state index is 12.6. The van der Waals surface area contributed by atoms with Crippen LogP contribution in [0.5, 0.6) is 0 Å². The minimum atomic E-state index is -0.924. The van der Waals surface area contributed by atoms with Gasteiger partial charge in [0.05, 0.1) is 18.2 Å². The van der Waals surface area contributed by atoms with Crippen molar-refractivity contribution >= 4 is 11.9 Å². The third kappa shape index (κ3) is 4.15. The summed E-state index contributed by atoms with van der Waals surface area (Å²) in [6.07, 6.45) is 1.65. The lowest BCUT2D eigenvalue weighted by Gasteiger charge is -2.24. The second kappa shape index (κ2) is 7.36. The molecule has 5 nitrogen and oxygen atoms in total. The van der Waals surface area contributed by atoms with E-state index >= 15 is 0 Å². The number of carbonyl (C=O) groups excluding carboxylic acids is 1. The summed E-state index contributed by atoms with van der Waals surface area (Å²) in [5.74, 6) is -1.76. The van der Waals surface area contributed by atoms with Gasteiger partial charge in [0.15, 0.2) is 0 Å². The Morgan fingerprint density at radius 3 is 2.41 bits per heavy atom. The van der Waals surface area contributed by atoms with E-state index in [0.717, 1.165) is 5.69 Å². The van der Waals surface area contributed by atoms with Crippen LogP contribution in [0, 0.1) is 5.92 Å². The van der Waals surface area contributed by atoms with E-state index in [9.17, 15) is 9.59 Å². The summed E-state index contributed by atoms with van der Waals surface area (Å²) in [6, 6.07) is 14.3. The first-order valence-electron chi connectivity index (χ1n) is 7.05. The van der Waals surface area contributed by atoms with Gasteiger partial charge in [-0.05, 0) is 24.3 Å². The number of rotatable bonds is 6. The van der Waals surface area contributed by atoms with Crippen molar-refractivity contribution in [2.24, 2.45) is 5.92 Å². The Morgan fingerprint density at radius 1 is 1.14 bits per heavy atom. The van der Waals surface area contributed by atoms with E-state index in [1.807, 2.05) is 18.2 Å². The Balaban J connectivity index is 2.21. The summed E-state index contributed by atoms with van der Waals surface area (Å²) in [5.41, 5.74) is 1.26. The minimum absolute atomic E-state index is 0.139. The molecular formula is C17H18N2O3. The number of amides is 1. The molecule has 1 amide bonds. The van der Waals surface area contributed by atoms with Gasteiger partial charge in [0, 0.05) is 18.3 Å². The molecule has 1 atom stereocenters. The van der Waals surface area contributed by atoms with Gasteiger partial charge in [-0.15, -0.1) is 0 Å². The van der Waals surface area contributed by atoms with E-state index in [2.05, 4.69) is 4.98 Å². The van der Waals surface area contributed by atoms with Gasteiger partial charge >= 0.3 is 5.97 Å². The third-order valence-corrected chi connectivity index (χ3v) is 3.30. The highest BCUT2D eigenvalue weighted by atomic mass is 16.4. The Labute approximate surface area is 129 Å². The summed E-state index contributed by atoms with van der Waals surface area (Å²) in [7, 11) is 0. The van der Waals surface area contributed by atoms with E-state index in [-0.39, 0.29) is 19.0 Å². The number of benzene rings is 1. The van der Waals surface area contributed by atoms with Gasteiger partial charge in [0.2, 0.25) is 0 Å². The average molecular weight is 298 g/mol. The number of aromatic nitrogens is 1. The third-order valence-electron chi connectivity index (χ3n) is 3.30. The molecule has 1 unspecified atom stereocenters. The fraction of sp³-hybridized carbons (Fsp3) is 0.235. The van der Waals surface area contributed by atoms with E-state index in [1.165, 1.54) is 4.90 Å². The molecule has 5 heteroatoms. The quantitative estimate of drug-likeness (QED) is 0.889. The fourth-order valence-corrected chi connectivity index (χ4v) is 2.08. The van der Waals surface area contributed by atoms with Crippen LogP contribution in [-0.4, -0.2) is 33.4 Å². The summed E-state index contributed by atoms with van der Waals surface area (Å²) in [4.78, 5) is 29.4. The molecule has 0 spiro atoms. The van der Waals surface area contributed by atoms with Gasteiger partial charge in [-0.25, -0.2) is 0 Å². The Morgan fingerprint density at radius 2 is 1.82 bits per heavy atom. The molecule has 0 bridgehead atoms. The molecule has 2 aromatic rings. The molecule has 114 valence electrons. The van der Waals surface area contributed by atoms with Gasteiger partial charge in [0.1, 0.15) is 0 Å². The summed E-state index contributed by atoms with van der Waals surface area (Å²) in [5, 5.41) is 9.10. The average Bonchev–Trinajstić information content (AvgIpc) is 2.55. The molecule has 1 N–H and O–H groups in total. The van der Waals surface area contributed by atoms with Crippen molar-refractivity contribution in [1.29, 1.82) is 0 Å². The number of hydrogen-bond donors (Lipinski definition) is 1. The molecule has 0 aliphatic heterocycles. The Hall–Kier alpha value is -2.69. The number of nitrogens with zero attached hydrogens (tertiary/aromatic N) is 2. The van der Waals surface area contributed by atoms with Crippen LogP contribution < -0.4 is 0 Å². The maximum atomic E-state index is 12.6. The number of carboxylic acids is 1. The molecule has 0 saturated carbocycles. The van der Waals surface area contributed by atoms with Crippen LogP contribution in [0.4, 0.5) is 0 Å². The molecule has 22 heavy (non-hydrogen) atoms. The van der Waals surface area contributed by atoms with E-state index in [1.54, 1.807) is 43.5 Å². The first-order chi connectivity index (χ1) is 10.6. The second-order valence-electron chi connectivity index (χ2n) is 5.11. The second-order valence-corrected chi connectivity index (χ2v) is 5.11. The lowest BCUT2D eigenvalue weighted by atomic mass is 10.1. The monoisotopic (exact) mass is 298 g/mol. The number of carboxylic acid groups (broad SMARTS) is 1. The zero-order valence-corrected chi connectivity index (χ0v) is 12.3. The maximum Gasteiger partial charge on any atom is 0.308 e. The van der Waals surface area contributed by atoms with E-state index in [4.69, 9.17) is 5.11 Å². The first-order valence-corrected chi connectivity index (χ1v) is 7.05. The SMILES string of the molecule is CC(CN(Cc1ccccn1)C(=O)c1ccccc1)C(=O)O. The van der Waals surface area contributed by atoms with Crippen molar-refractivity contribution in [3.8, 4) is 0 Å². The van der Waals surface area contributed by atoms with Crippen LogP contribution in [0.3, 0.4) is 0 Å². The smallest absolute Gasteiger partial charge is 0.308 e.